The van der Waals surface area contributed by atoms with Crippen LogP contribution >= 0.6 is 15.9 Å². The van der Waals surface area contributed by atoms with Crippen molar-refractivity contribution < 1.29 is 4.39 Å². The molecule has 0 saturated heterocycles. The normalized spacial score (nSPS) is 16.5. The Balaban J connectivity index is 1.97. The Labute approximate surface area is 132 Å². The number of benzene rings is 2. The molecular weight excluding hydrogens is 331 g/mol. The molecule has 2 nitrogen and oxygen atoms in total. The van der Waals surface area contributed by atoms with Crippen molar-refractivity contribution >= 4 is 15.9 Å². The molecule has 1 aliphatic carbocycles. The van der Waals surface area contributed by atoms with E-state index in [2.05, 4.69) is 39.6 Å². The number of hydrogen-bond donors (Lipinski definition) is 2. The van der Waals surface area contributed by atoms with E-state index in [0.717, 1.165) is 11.1 Å². The van der Waals surface area contributed by atoms with Gasteiger partial charge in [-0.2, -0.15) is 0 Å². The fourth-order valence-electron chi connectivity index (χ4n) is 2.84. The van der Waals surface area contributed by atoms with Gasteiger partial charge in [0, 0.05) is 0 Å². The second kappa shape index (κ2) is 6.26. The van der Waals surface area contributed by atoms with E-state index in [0.29, 0.717) is 10.4 Å². The van der Waals surface area contributed by atoms with Gasteiger partial charge in [-0.05, 0) is 57.4 Å². The smallest absolute Gasteiger partial charge is 0.137 e. The van der Waals surface area contributed by atoms with Gasteiger partial charge in [-0.15, -0.1) is 0 Å². The molecule has 1 unspecified atom stereocenters. The van der Waals surface area contributed by atoms with Crippen LogP contribution in [-0.4, -0.2) is 0 Å². The average Bonchev–Trinajstić information content (AvgIpc) is 2.43. The van der Waals surface area contributed by atoms with Gasteiger partial charge < -0.3 is 0 Å². The lowest BCUT2D eigenvalue weighted by Crippen LogP contribution is -2.29. The van der Waals surface area contributed by atoms with Crippen LogP contribution in [0.5, 0.6) is 0 Å². The summed E-state index contributed by atoms with van der Waals surface area (Å²) in [6, 6.07) is 13.2. The highest BCUT2D eigenvalue weighted by Crippen LogP contribution is 2.38. The molecule has 0 radical (unpaired) electrons. The first-order valence-electron chi connectivity index (χ1n) is 7.20. The Bertz CT molecular complexity index is 640. The second-order valence-corrected chi connectivity index (χ2v) is 6.33. The van der Waals surface area contributed by atoms with E-state index in [-0.39, 0.29) is 11.9 Å². The lowest BCUT2D eigenvalue weighted by atomic mass is 9.79. The minimum atomic E-state index is -0.275. The molecule has 0 aromatic heterocycles. The summed E-state index contributed by atoms with van der Waals surface area (Å²) in [5, 5.41) is 0. The Hall–Kier alpha value is -1.23. The standard InChI is InChI=1S/C17H18BrFN2/c18-16-14(8-3-9-15(16)19)17(21-20)13-7-2-6-12(10-13)11-4-1-5-11/h2-3,6-11,17,21H,1,4-5,20H2. The zero-order valence-electron chi connectivity index (χ0n) is 11.7. The fraction of sp³-hybridized carbons (Fsp3) is 0.294. The largest absolute Gasteiger partial charge is 0.271 e. The molecular formula is C17H18BrFN2. The molecule has 0 heterocycles. The molecule has 1 aliphatic rings. The van der Waals surface area contributed by atoms with E-state index < -0.39 is 0 Å². The van der Waals surface area contributed by atoms with Gasteiger partial charge in [0.15, 0.2) is 0 Å². The van der Waals surface area contributed by atoms with Gasteiger partial charge in [-0.1, -0.05) is 42.8 Å². The highest BCUT2D eigenvalue weighted by molar-refractivity contribution is 9.10. The summed E-state index contributed by atoms with van der Waals surface area (Å²) in [5.74, 6) is 6.13. The Morgan fingerprint density at radius 2 is 1.95 bits per heavy atom. The van der Waals surface area contributed by atoms with E-state index in [4.69, 9.17) is 5.84 Å². The first-order valence-corrected chi connectivity index (χ1v) is 8.00. The first-order chi connectivity index (χ1) is 10.2. The quantitative estimate of drug-likeness (QED) is 0.634. The lowest BCUT2D eigenvalue weighted by molar-refractivity contribution is 0.419. The minimum Gasteiger partial charge on any atom is -0.271 e. The van der Waals surface area contributed by atoms with Gasteiger partial charge >= 0.3 is 0 Å². The average molecular weight is 349 g/mol. The van der Waals surface area contributed by atoms with E-state index in [9.17, 15) is 4.39 Å². The van der Waals surface area contributed by atoms with Gasteiger partial charge in [-0.3, -0.25) is 5.84 Å². The van der Waals surface area contributed by atoms with Crippen molar-refractivity contribution in [2.45, 2.75) is 31.2 Å². The number of hydrogen-bond acceptors (Lipinski definition) is 2. The molecule has 4 heteroatoms. The summed E-state index contributed by atoms with van der Waals surface area (Å²) in [4.78, 5) is 0. The van der Waals surface area contributed by atoms with Crippen LogP contribution in [-0.2, 0) is 0 Å². The third-order valence-corrected chi connectivity index (χ3v) is 5.12. The third kappa shape index (κ3) is 2.89. The maximum atomic E-state index is 13.7. The predicted octanol–water partition coefficient (Wildman–Crippen LogP) is 4.41. The maximum Gasteiger partial charge on any atom is 0.137 e. The predicted molar refractivity (Wildman–Crippen MR) is 86.3 cm³/mol. The summed E-state index contributed by atoms with van der Waals surface area (Å²) in [5.41, 5.74) is 6.03. The second-order valence-electron chi connectivity index (χ2n) is 5.54. The van der Waals surface area contributed by atoms with Gasteiger partial charge in [-0.25, -0.2) is 9.82 Å². The molecule has 0 aliphatic heterocycles. The van der Waals surface area contributed by atoms with Crippen LogP contribution in [0.4, 0.5) is 4.39 Å². The molecule has 21 heavy (non-hydrogen) atoms. The molecule has 0 amide bonds. The van der Waals surface area contributed by atoms with E-state index >= 15 is 0 Å². The SMILES string of the molecule is NNC(c1cccc(C2CCC2)c1)c1cccc(F)c1Br. The van der Waals surface area contributed by atoms with Crippen molar-refractivity contribution in [3.05, 3.63) is 69.4 Å². The highest BCUT2D eigenvalue weighted by Gasteiger charge is 2.22. The molecule has 1 atom stereocenters. The zero-order valence-corrected chi connectivity index (χ0v) is 13.2. The van der Waals surface area contributed by atoms with Crippen molar-refractivity contribution in [3.63, 3.8) is 0 Å². The third-order valence-electron chi connectivity index (χ3n) is 4.28. The Morgan fingerprint density at radius 1 is 1.19 bits per heavy atom. The molecule has 3 N–H and O–H groups in total. The fourth-order valence-corrected chi connectivity index (χ4v) is 3.34. The topological polar surface area (TPSA) is 38.0 Å². The molecule has 3 rings (SSSR count). The molecule has 2 aromatic rings. The summed E-state index contributed by atoms with van der Waals surface area (Å²) < 4.78 is 14.2. The van der Waals surface area contributed by atoms with Crippen molar-refractivity contribution in [3.8, 4) is 0 Å². The van der Waals surface area contributed by atoms with E-state index in [1.807, 2.05) is 12.1 Å². The van der Waals surface area contributed by atoms with Crippen LogP contribution in [0.3, 0.4) is 0 Å². The molecule has 0 bridgehead atoms. The molecule has 1 saturated carbocycles. The van der Waals surface area contributed by atoms with Crippen LogP contribution in [0.2, 0.25) is 0 Å². The molecule has 0 spiro atoms. The maximum absolute atomic E-state index is 13.7. The van der Waals surface area contributed by atoms with Gasteiger partial charge in [0.05, 0.1) is 10.5 Å². The number of nitrogens with one attached hydrogen (secondary N) is 1. The number of rotatable bonds is 4. The summed E-state index contributed by atoms with van der Waals surface area (Å²) in [6.45, 7) is 0. The summed E-state index contributed by atoms with van der Waals surface area (Å²) in [7, 11) is 0. The van der Waals surface area contributed by atoms with Crippen LogP contribution in [0.25, 0.3) is 0 Å². The molecule has 1 fully saturated rings. The number of halogens is 2. The molecule has 110 valence electrons. The monoisotopic (exact) mass is 348 g/mol. The first kappa shape index (κ1) is 14.7. The van der Waals surface area contributed by atoms with Crippen molar-refractivity contribution in [2.75, 3.05) is 0 Å². The summed E-state index contributed by atoms with van der Waals surface area (Å²) in [6.07, 6.45) is 3.82. The molecule has 2 aromatic carbocycles. The van der Waals surface area contributed by atoms with Crippen molar-refractivity contribution in [2.24, 2.45) is 5.84 Å². The summed E-state index contributed by atoms with van der Waals surface area (Å²) >= 11 is 3.32. The van der Waals surface area contributed by atoms with Gasteiger partial charge in [0.2, 0.25) is 0 Å². The van der Waals surface area contributed by atoms with Gasteiger partial charge in [0.1, 0.15) is 5.82 Å². The van der Waals surface area contributed by atoms with Crippen molar-refractivity contribution in [1.82, 2.24) is 5.43 Å². The zero-order chi connectivity index (χ0) is 14.8. The van der Waals surface area contributed by atoms with Gasteiger partial charge in [0.25, 0.3) is 0 Å². The minimum absolute atomic E-state index is 0.227. The van der Waals surface area contributed by atoms with Crippen LogP contribution < -0.4 is 11.3 Å². The van der Waals surface area contributed by atoms with Crippen LogP contribution in [0.15, 0.2) is 46.9 Å². The lowest BCUT2D eigenvalue weighted by Gasteiger charge is -2.27. The highest BCUT2D eigenvalue weighted by atomic mass is 79.9. The van der Waals surface area contributed by atoms with E-state index in [1.165, 1.54) is 30.9 Å². The van der Waals surface area contributed by atoms with Crippen LogP contribution in [0.1, 0.15) is 47.9 Å². The number of hydrazine groups is 1. The number of nitrogens with two attached hydrogens (primary N) is 1. The van der Waals surface area contributed by atoms with Crippen LogP contribution in [0, 0.1) is 5.82 Å². The Morgan fingerprint density at radius 3 is 2.62 bits per heavy atom. The Kier molecular flexibility index (Phi) is 4.38. The van der Waals surface area contributed by atoms with E-state index in [1.54, 1.807) is 6.07 Å². The van der Waals surface area contributed by atoms with Crippen molar-refractivity contribution in [1.29, 1.82) is 0 Å².